The Balaban J connectivity index is 1.91. The predicted molar refractivity (Wildman–Crippen MR) is 80.7 cm³/mol. The number of rotatable bonds is 2. The molecule has 1 saturated heterocycles. The average molecular weight is 260 g/mol. The number of anilines is 1. The van der Waals surface area contributed by atoms with Gasteiger partial charge in [-0.3, -0.25) is 0 Å². The fourth-order valence-corrected chi connectivity index (χ4v) is 3.82. The van der Waals surface area contributed by atoms with Crippen molar-refractivity contribution in [2.45, 2.75) is 31.8 Å². The summed E-state index contributed by atoms with van der Waals surface area (Å²) in [5.74, 6) is 0. The Kier molecular flexibility index (Phi) is 2.83. The number of hydrogen-bond donors (Lipinski definition) is 1. The fourth-order valence-electron chi connectivity index (χ4n) is 2.83. The van der Waals surface area contributed by atoms with Gasteiger partial charge in [0, 0.05) is 40.6 Å². The van der Waals surface area contributed by atoms with E-state index in [9.17, 15) is 0 Å². The molecule has 1 unspecified atom stereocenters. The second-order valence-electron chi connectivity index (χ2n) is 5.85. The predicted octanol–water partition coefficient (Wildman–Crippen LogP) is 3.48. The zero-order valence-electron chi connectivity index (χ0n) is 11.2. The molecule has 0 amide bonds. The molecule has 2 heterocycles. The highest BCUT2D eigenvalue weighted by Gasteiger charge is 2.33. The SMILES string of the molecule is CN(c1csc2ccccc12)C1CNC(C)(C)C1. The second kappa shape index (κ2) is 4.25. The first-order valence-electron chi connectivity index (χ1n) is 6.51. The van der Waals surface area contributed by atoms with Crippen molar-refractivity contribution >= 4 is 27.1 Å². The van der Waals surface area contributed by atoms with Gasteiger partial charge in [-0.25, -0.2) is 0 Å². The van der Waals surface area contributed by atoms with Gasteiger partial charge in [0.1, 0.15) is 0 Å². The molecule has 1 aromatic heterocycles. The molecule has 0 radical (unpaired) electrons. The Bertz CT molecular complexity index is 558. The molecule has 1 aromatic carbocycles. The molecule has 1 aliphatic heterocycles. The van der Waals surface area contributed by atoms with Gasteiger partial charge < -0.3 is 10.2 Å². The van der Waals surface area contributed by atoms with Gasteiger partial charge in [0.25, 0.3) is 0 Å². The average Bonchev–Trinajstić information content (AvgIpc) is 2.91. The standard InChI is InChI=1S/C15H20N2S/c1-15(2)8-11(9-16-15)17(3)13-10-18-14-7-5-4-6-12(13)14/h4-7,10-11,16H,8-9H2,1-3H3. The highest BCUT2D eigenvalue weighted by Crippen LogP contribution is 2.35. The van der Waals surface area contributed by atoms with E-state index in [1.165, 1.54) is 22.2 Å². The van der Waals surface area contributed by atoms with Gasteiger partial charge in [-0.05, 0) is 26.3 Å². The first-order chi connectivity index (χ1) is 8.57. The van der Waals surface area contributed by atoms with Crippen LogP contribution >= 0.6 is 11.3 Å². The largest absolute Gasteiger partial charge is 0.369 e. The first kappa shape index (κ1) is 12.0. The highest BCUT2D eigenvalue weighted by molar-refractivity contribution is 7.17. The van der Waals surface area contributed by atoms with Gasteiger partial charge in [-0.2, -0.15) is 0 Å². The van der Waals surface area contributed by atoms with Crippen molar-refractivity contribution in [3.63, 3.8) is 0 Å². The highest BCUT2D eigenvalue weighted by atomic mass is 32.1. The van der Waals surface area contributed by atoms with E-state index in [4.69, 9.17) is 0 Å². The van der Waals surface area contributed by atoms with E-state index in [-0.39, 0.29) is 5.54 Å². The Morgan fingerprint density at radius 1 is 1.33 bits per heavy atom. The molecule has 1 fully saturated rings. The van der Waals surface area contributed by atoms with Gasteiger partial charge >= 0.3 is 0 Å². The third-order valence-electron chi connectivity index (χ3n) is 3.95. The molecular formula is C15H20N2S. The van der Waals surface area contributed by atoms with Gasteiger partial charge in [-0.1, -0.05) is 18.2 Å². The van der Waals surface area contributed by atoms with Crippen LogP contribution in [0.3, 0.4) is 0 Å². The first-order valence-corrected chi connectivity index (χ1v) is 7.39. The van der Waals surface area contributed by atoms with Crippen LogP contribution in [0.2, 0.25) is 0 Å². The van der Waals surface area contributed by atoms with E-state index in [0.29, 0.717) is 6.04 Å². The van der Waals surface area contributed by atoms with E-state index in [0.717, 1.165) is 6.54 Å². The van der Waals surface area contributed by atoms with Crippen LogP contribution < -0.4 is 10.2 Å². The third kappa shape index (κ3) is 2.02. The summed E-state index contributed by atoms with van der Waals surface area (Å²) >= 11 is 1.84. The number of fused-ring (bicyclic) bond motifs is 1. The summed E-state index contributed by atoms with van der Waals surface area (Å²) < 4.78 is 1.38. The summed E-state index contributed by atoms with van der Waals surface area (Å²) in [5, 5.41) is 7.27. The Morgan fingerprint density at radius 3 is 2.83 bits per heavy atom. The van der Waals surface area contributed by atoms with Crippen LogP contribution in [-0.2, 0) is 0 Å². The second-order valence-corrected chi connectivity index (χ2v) is 6.76. The molecule has 0 saturated carbocycles. The molecule has 3 rings (SSSR count). The molecule has 1 atom stereocenters. The molecule has 3 heteroatoms. The van der Waals surface area contributed by atoms with Crippen molar-refractivity contribution in [2.75, 3.05) is 18.5 Å². The van der Waals surface area contributed by atoms with Gasteiger partial charge in [0.15, 0.2) is 0 Å². The van der Waals surface area contributed by atoms with Crippen LogP contribution in [0.25, 0.3) is 10.1 Å². The van der Waals surface area contributed by atoms with Crippen molar-refractivity contribution in [3.05, 3.63) is 29.6 Å². The summed E-state index contributed by atoms with van der Waals surface area (Å²) in [5.41, 5.74) is 1.64. The third-order valence-corrected chi connectivity index (χ3v) is 4.90. The quantitative estimate of drug-likeness (QED) is 0.889. The van der Waals surface area contributed by atoms with E-state index in [2.05, 4.69) is 60.8 Å². The monoisotopic (exact) mass is 260 g/mol. The van der Waals surface area contributed by atoms with Crippen LogP contribution in [0.4, 0.5) is 5.69 Å². The van der Waals surface area contributed by atoms with Gasteiger partial charge in [-0.15, -0.1) is 11.3 Å². The van der Waals surface area contributed by atoms with Gasteiger partial charge in [0.05, 0.1) is 5.69 Å². The fraction of sp³-hybridized carbons (Fsp3) is 0.467. The summed E-state index contributed by atoms with van der Waals surface area (Å²) in [6.07, 6.45) is 1.20. The number of nitrogens with one attached hydrogen (secondary N) is 1. The number of benzene rings is 1. The smallest absolute Gasteiger partial charge is 0.0555 e. The van der Waals surface area contributed by atoms with E-state index >= 15 is 0 Å². The molecular weight excluding hydrogens is 240 g/mol. The van der Waals surface area contributed by atoms with Crippen molar-refractivity contribution in [1.29, 1.82) is 0 Å². The van der Waals surface area contributed by atoms with Crippen molar-refractivity contribution in [3.8, 4) is 0 Å². The lowest BCUT2D eigenvalue weighted by atomic mass is 10.0. The normalized spacial score (nSPS) is 22.5. The minimum absolute atomic E-state index is 0.269. The molecule has 0 spiro atoms. The zero-order chi connectivity index (χ0) is 12.8. The van der Waals surface area contributed by atoms with E-state index in [1.54, 1.807) is 0 Å². The Morgan fingerprint density at radius 2 is 2.11 bits per heavy atom. The maximum atomic E-state index is 3.60. The van der Waals surface area contributed by atoms with Crippen molar-refractivity contribution < 1.29 is 0 Å². The van der Waals surface area contributed by atoms with E-state index < -0.39 is 0 Å². The maximum Gasteiger partial charge on any atom is 0.0555 e. The van der Waals surface area contributed by atoms with Crippen LogP contribution in [0.5, 0.6) is 0 Å². The number of thiophene rings is 1. The lowest BCUT2D eigenvalue weighted by molar-refractivity contribution is 0.454. The minimum Gasteiger partial charge on any atom is -0.369 e. The molecule has 2 aromatic rings. The van der Waals surface area contributed by atoms with Crippen molar-refractivity contribution in [1.82, 2.24) is 5.32 Å². The Hall–Kier alpha value is -1.06. The topological polar surface area (TPSA) is 15.3 Å². The zero-order valence-corrected chi connectivity index (χ0v) is 12.1. The lowest BCUT2D eigenvalue weighted by Gasteiger charge is -2.26. The number of likely N-dealkylation sites (N-methyl/N-ethyl adjacent to an activating group) is 1. The molecule has 96 valence electrons. The van der Waals surface area contributed by atoms with Crippen LogP contribution in [0.15, 0.2) is 29.6 Å². The molecule has 1 N–H and O–H groups in total. The summed E-state index contributed by atoms with van der Waals surface area (Å²) in [6, 6.07) is 9.27. The van der Waals surface area contributed by atoms with Crippen molar-refractivity contribution in [2.24, 2.45) is 0 Å². The van der Waals surface area contributed by atoms with Crippen LogP contribution in [0.1, 0.15) is 20.3 Å². The van der Waals surface area contributed by atoms with Crippen LogP contribution in [0, 0.1) is 0 Å². The molecule has 2 nitrogen and oxygen atoms in total. The summed E-state index contributed by atoms with van der Waals surface area (Å²) in [7, 11) is 2.22. The molecule has 0 aliphatic carbocycles. The Labute approximate surface area is 113 Å². The van der Waals surface area contributed by atoms with Crippen LogP contribution in [-0.4, -0.2) is 25.2 Å². The maximum absolute atomic E-state index is 3.60. The molecule has 18 heavy (non-hydrogen) atoms. The molecule has 0 bridgehead atoms. The number of nitrogens with zero attached hydrogens (tertiary/aromatic N) is 1. The summed E-state index contributed by atoms with van der Waals surface area (Å²) in [4.78, 5) is 2.45. The van der Waals surface area contributed by atoms with Gasteiger partial charge in [0.2, 0.25) is 0 Å². The minimum atomic E-state index is 0.269. The number of hydrogen-bond acceptors (Lipinski definition) is 3. The van der Waals surface area contributed by atoms with E-state index in [1.807, 2.05) is 11.3 Å². The summed E-state index contributed by atoms with van der Waals surface area (Å²) in [6.45, 7) is 5.65. The molecule has 1 aliphatic rings. The lowest BCUT2D eigenvalue weighted by Crippen LogP contribution is -2.33.